The highest BCUT2D eigenvalue weighted by Gasteiger charge is 2.18. The van der Waals surface area contributed by atoms with E-state index in [9.17, 15) is 9.59 Å². The van der Waals surface area contributed by atoms with Crippen LogP contribution in [0.3, 0.4) is 0 Å². The molecule has 0 aliphatic heterocycles. The molecule has 1 atom stereocenters. The first-order valence-electron chi connectivity index (χ1n) is 5.39. The summed E-state index contributed by atoms with van der Waals surface area (Å²) in [6.07, 6.45) is 0.00998. The number of ketones is 1. The van der Waals surface area contributed by atoms with Crippen molar-refractivity contribution in [3.05, 3.63) is 35.4 Å². The monoisotopic (exact) mass is 236 g/mol. The van der Waals surface area contributed by atoms with Crippen LogP contribution in [0.1, 0.15) is 29.3 Å². The van der Waals surface area contributed by atoms with Crippen LogP contribution < -0.4 is 0 Å². The van der Waals surface area contributed by atoms with Crippen LogP contribution in [0.25, 0.3) is 0 Å². The number of Topliss-reactive ketones (excluding diaryl/α,β-unsaturated/α-hetero) is 1. The molecule has 1 N–H and O–H groups in total. The van der Waals surface area contributed by atoms with Crippen LogP contribution in [-0.2, 0) is 16.1 Å². The minimum Gasteiger partial charge on any atom is -0.481 e. The molecule has 0 aliphatic carbocycles. The number of benzene rings is 1. The van der Waals surface area contributed by atoms with Crippen molar-refractivity contribution >= 4 is 11.8 Å². The number of hydrogen-bond donors (Lipinski definition) is 1. The third kappa shape index (κ3) is 3.67. The van der Waals surface area contributed by atoms with Crippen molar-refractivity contribution < 1.29 is 19.4 Å². The topological polar surface area (TPSA) is 63.6 Å². The molecule has 0 amide bonds. The minimum atomic E-state index is -0.956. The van der Waals surface area contributed by atoms with Gasteiger partial charge in [-0.3, -0.25) is 9.59 Å². The molecule has 0 aromatic heterocycles. The van der Waals surface area contributed by atoms with E-state index in [4.69, 9.17) is 9.84 Å². The maximum absolute atomic E-state index is 11.9. The van der Waals surface area contributed by atoms with Crippen molar-refractivity contribution in [2.45, 2.75) is 20.0 Å². The Morgan fingerprint density at radius 1 is 1.35 bits per heavy atom. The van der Waals surface area contributed by atoms with Crippen LogP contribution in [0, 0.1) is 5.92 Å². The van der Waals surface area contributed by atoms with Gasteiger partial charge in [0.05, 0.1) is 12.5 Å². The number of methoxy groups -OCH3 is 1. The van der Waals surface area contributed by atoms with Gasteiger partial charge in [-0.25, -0.2) is 0 Å². The summed E-state index contributed by atoms with van der Waals surface area (Å²) in [7, 11) is 1.56. The third-order valence-electron chi connectivity index (χ3n) is 2.53. The Bertz CT molecular complexity index is 412. The van der Waals surface area contributed by atoms with Gasteiger partial charge in [-0.2, -0.15) is 0 Å². The predicted molar refractivity (Wildman–Crippen MR) is 62.9 cm³/mol. The van der Waals surface area contributed by atoms with Gasteiger partial charge in [0, 0.05) is 19.1 Å². The average Bonchev–Trinajstić information content (AvgIpc) is 2.29. The molecule has 0 bridgehead atoms. The Morgan fingerprint density at radius 2 is 2.00 bits per heavy atom. The summed E-state index contributed by atoms with van der Waals surface area (Å²) in [4.78, 5) is 22.6. The third-order valence-corrected chi connectivity index (χ3v) is 2.53. The van der Waals surface area contributed by atoms with Gasteiger partial charge in [-0.1, -0.05) is 31.2 Å². The number of carboxylic acid groups (broad SMARTS) is 1. The van der Waals surface area contributed by atoms with Gasteiger partial charge in [0.2, 0.25) is 0 Å². The summed E-state index contributed by atoms with van der Waals surface area (Å²) >= 11 is 0. The molecule has 0 spiro atoms. The van der Waals surface area contributed by atoms with E-state index in [2.05, 4.69) is 0 Å². The molecule has 1 aromatic carbocycles. The van der Waals surface area contributed by atoms with Crippen molar-refractivity contribution in [2.24, 2.45) is 5.92 Å². The second-order valence-corrected chi connectivity index (χ2v) is 3.96. The second kappa shape index (κ2) is 6.15. The van der Waals surface area contributed by atoms with Crippen LogP contribution in [0.4, 0.5) is 0 Å². The fourth-order valence-corrected chi connectivity index (χ4v) is 1.55. The van der Waals surface area contributed by atoms with E-state index in [0.29, 0.717) is 12.2 Å². The van der Waals surface area contributed by atoms with Gasteiger partial charge in [0.1, 0.15) is 0 Å². The Hall–Kier alpha value is -1.68. The number of aliphatic carboxylic acids is 1. The van der Waals surface area contributed by atoms with Crippen molar-refractivity contribution in [2.75, 3.05) is 7.11 Å². The number of hydrogen-bond acceptors (Lipinski definition) is 3. The molecule has 17 heavy (non-hydrogen) atoms. The highest BCUT2D eigenvalue weighted by molar-refractivity contribution is 5.99. The van der Waals surface area contributed by atoms with Gasteiger partial charge in [0.25, 0.3) is 0 Å². The maximum atomic E-state index is 11.9. The molecule has 1 unspecified atom stereocenters. The smallest absolute Gasteiger partial charge is 0.306 e. The van der Waals surface area contributed by atoms with Gasteiger partial charge in [0.15, 0.2) is 5.78 Å². The number of carboxylic acids is 1. The zero-order valence-corrected chi connectivity index (χ0v) is 9.97. The van der Waals surface area contributed by atoms with E-state index in [1.165, 1.54) is 6.92 Å². The molecule has 0 fully saturated rings. The van der Waals surface area contributed by atoms with Gasteiger partial charge in [-0.15, -0.1) is 0 Å². The lowest BCUT2D eigenvalue weighted by Crippen LogP contribution is -2.15. The average molecular weight is 236 g/mol. The standard InChI is InChI=1S/C13H16O4/c1-9(13(15)16)7-12(14)11-6-4-3-5-10(11)8-17-2/h3-6,9H,7-8H2,1-2H3,(H,15,16). The molecule has 1 rings (SSSR count). The van der Waals surface area contributed by atoms with E-state index >= 15 is 0 Å². The summed E-state index contributed by atoms with van der Waals surface area (Å²) < 4.78 is 5.00. The molecule has 1 aromatic rings. The van der Waals surface area contributed by atoms with Crippen molar-refractivity contribution in [3.63, 3.8) is 0 Å². The molecule has 4 nitrogen and oxygen atoms in total. The number of rotatable bonds is 6. The summed E-state index contributed by atoms with van der Waals surface area (Å²) in [6.45, 7) is 1.88. The molecule has 0 saturated heterocycles. The lowest BCUT2D eigenvalue weighted by atomic mass is 9.96. The van der Waals surface area contributed by atoms with E-state index in [1.54, 1.807) is 19.2 Å². The molecule has 0 heterocycles. The van der Waals surface area contributed by atoms with Crippen molar-refractivity contribution in [1.29, 1.82) is 0 Å². The van der Waals surface area contributed by atoms with E-state index in [0.717, 1.165) is 5.56 Å². The van der Waals surface area contributed by atoms with Crippen LogP contribution >= 0.6 is 0 Å². The minimum absolute atomic E-state index is 0.00998. The van der Waals surface area contributed by atoms with E-state index in [1.807, 2.05) is 12.1 Å². The maximum Gasteiger partial charge on any atom is 0.306 e. The quantitative estimate of drug-likeness (QED) is 0.768. The molecule has 4 heteroatoms. The first-order chi connectivity index (χ1) is 8.06. The van der Waals surface area contributed by atoms with Crippen LogP contribution in [0.15, 0.2) is 24.3 Å². The Labute approximate surface area is 100 Å². The highest BCUT2D eigenvalue weighted by Crippen LogP contribution is 2.15. The lowest BCUT2D eigenvalue weighted by Gasteiger charge is -2.09. The van der Waals surface area contributed by atoms with Gasteiger partial charge in [-0.05, 0) is 5.56 Å². The number of ether oxygens (including phenoxy) is 1. The van der Waals surface area contributed by atoms with Crippen LogP contribution in [0.5, 0.6) is 0 Å². The predicted octanol–water partition coefficient (Wildman–Crippen LogP) is 2.13. The zero-order valence-electron chi connectivity index (χ0n) is 9.97. The second-order valence-electron chi connectivity index (χ2n) is 3.96. The zero-order chi connectivity index (χ0) is 12.8. The lowest BCUT2D eigenvalue weighted by molar-refractivity contribution is -0.141. The fraction of sp³-hybridized carbons (Fsp3) is 0.385. The molecular formula is C13H16O4. The largest absolute Gasteiger partial charge is 0.481 e. The summed E-state index contributed by atoms with van der Waals surface area (Å²) in [5.41, 5.74) is 1.33. The van der Waals surface area contributed by atoms with Crippen LogP contribution in [0.2, 0.25) is 0 Å². The summed E-state index contributed by atoms with van der Waals surface area (Å²) in [5, 5.41) is 8.77. The van der Waals surface area contributed by atoms with Gasteiger partial charge >= 0.3 is 5.97 Å². The van der Waals surface area contributed by atoms with Crippen LogP contribution in [-0.4, -0.2) is 24.0 Å². The van der Waals surface area contributed by atoms with Crippen molar-refractivity contribution in [3.8, 4) is 0 Å². The Balaban J connectivity index is 2.84. The molecule has 0 saturated carbocycles. The van der Waals surface area contributed by atoms with E-state index in [-0.39, 0.29) is 12.2 Å². The molecule has 0 radical (unpaired) electrons. The SMILES string of the molecule is COCc1ccccc1C(=O)CC(C)C(=O)O. The molecule has 0 aliphatic rings. The summed E-state index contributed by atoms with van der Waals surface area (Å²) in [6, 6.07) is 7.09. The Morgan fingerprint density at radius 3 is 2.59 bits per heavy atom. The van der Waals surface area contributed by atoms with Crippen molar-refractivity contribution in [1.82, 2.24) is 0 Å². The van der Waals surface area contributed by atoms with Gasteiger partial charge < -0.3 is 9.84 Å². The fourth-order valence-electron chi connectivity index (χ4n) is 1.55. The number of carbonyl (C=O) groups is 2. The first-order valence-corrected chi connectivity index (χ1v) is 5.39. The summed E-state index contributed by atoms with van der Waals surface area (Å²) in [5.74, 6) is -1.78. The Kier molecular flexibility index (Phi) is 4.84. The highest BCUT2D eigenvalue weighted by atomic mass is 16.5. The first kappa shape index (κ1) is 13.4. The molecular weight excluding hydrogens is 220 g/mol. The normalized spacial score (nSPS) is 12.1. The molecule has 92 valence electrons. The van der Waals surface area contributed by atoms with E-state index < -0.39 is 11.9 Å². The number of carbonyl (C=O) groups excluding carboxylic acids is 1.